The lowest BCUT2D eigenvalue weighted by Gasteiger charge is -2.12. The predicted molar refractivity (Wildman–Crippen MR) is 106 cm³/mol. The Morgan fingerprint density at radius 3 is 2.50 bits per heavy atom. The minimum atomic E-state index is -4.98. The number of alkyl halides is 3. The molecule has 0 aliphatic carbocycles. The molecule has 0 spiro atoms. The molecular weight excluding hydrogens is 434 g/mol. The van der Waals surface area contributed by atoms with Gasteiger partial charge < -0.3 is 24.8 Å². The van der Waals surface area contributed by atoms with Crippen LogP contribution in [0.3, 0.4) is 0 Å². The Bertz CT molecular complexity index is 1360. The van der Waals surface area contributed by atoms with Crippen molar-refractivity contribution in [3.8, 4) is 17.2 Å². The molecular formula is C21H13F4N3O4. The Balaban J connectivity index is 1.55. The van der Waals surface area contributed by atoms with Crippen LogP contribution >= 0.6 is 0 Å². The lowest BCUT2D eigenvalue weighted by Crippen LogP contribution is -2.18. The van der Waals surface area contributed by atoms with Crippen LogP contribution in [0.2, 0.25) is 0 Å². The molecule has 1 amide bonds. The van der Waals surface area contributed by atoms with Gasteiger partial charge >= 0.3 is 12.1 Å². The average Bonchev–Trinajstić information content (AvgIpc) is 3.10. The van der Waals surface area contributed by atoms with Gasteiger partial charge in [-0.2, -0.15) is 0 Å². The van der Waals surface area contributed by atoms with Crippen molar-refractivity contribution in [3.63, 3.8) is 0 Å². The maximum absolute atomic E-state index is 14.0. The van der Waals surface area contributed by atoms with Crippen molar-refractivity contribution >= 4 is 22.6 Å². The van der Waals surface area contributed by atoms with E-state index in [1.165, 1.54) is 12.1 Å². The molecule has 0 radical (unpaired) electrons. The zero-order chi connectivity index (χ0) is 22.9. The summed E-state index contributed by atoms with van der Waals surface area (Å²) < 4.78 is 60.7. The first-order chi connectivity index (χ1) is 15.2. The average molecular weight is 447 g/mol. The van der Waals surface area contributed by atoms with Gasteiger partial charge in [-0.1, -0.05) is 12.1 Å². The molecule has 0 saturated carbocycles. The first kappa shape index (κ1) is 21.0. The number of H-pyrrole nitrogens is 2. The number of aromatic nitrogens is 2. The summed E-state index contributed by atoms with van der Waals surface area (Å²) in [5.74, 6) is -2.11. The number of aromatic amines is 2. The number of rotatable bonds is 5. The number of benzene rings is 3. The lowest BCUT2D eigenvalue weighted by molar-refractivity contribution is -0.274. The highest BCUT2D eigenvalue weighted by Crippen LogP contribution is 2.29. The van der Waals surface area contributed by atoms with Crippen LogP contribution in [0.15, 0.2) is 65.5 Å². The van der Waals surface area contributed by atoms with Crippen LogP contribution < -0.4 is 20.5 Å². The molecule has 11 heteroatoms. The number of anilines is 1. The number of ether oxygens (including phenoxy) is 2. The van der Waals surface area contributed by atoms with E-state index in [9.17, 15) is 27.2 Å². The van der Waals surface area contributed by atoms with Crippen LogP contribution in [0, 0.1) is 5.82 Å². The molecule has 0 aliphatic rings. The van der Waals surface area contributed by atoms with E-state index in [0.717, 1.165) is 6.07 Å². The molecule has 1 aromatic heterocycles. The number of hydrogen-bond donors (Lipinski definition) is 3. The van der Waals surface area contributed by atoms with Crippen molar-refractivity contribution in [1.29, 1.82) is 0 Å². The molecule has 0 unspecified atom stereocenters. The third-order valence-corrected chi connectivity index (χ3v) is 4.25. The van der Waals surface area contributed by atoms with E-state index in [-0.39, 0.29) is 11.4 Å². The van der Waals surface area contributed by atoms with Gasteiger partial charge in [0, 0.05) is 11.8 Å². The molecule has 32 heavy (non-hydrogen) atoms. The zero-order valence-corrected chi connectivity index (χ0v) is 15.9. The maximum atomic E-state index is 14.0. The molecule has 0 saturated heterocycles. The Morgan fingerprint density at radius 2 is 1.72 bits per heavy atom. The summed E-state index contributed by atoms with van der Waals surface area (Å²) in [5.41, 5.74) is 0.135. The van der Waals surface area contributed by atoms with Gasteiger partial charge in [0.2, 0.25) is 0 Å². The standard InChI is InChI=1S/C21H13F4N3O4/c22-15-8-7-13(32-21(23,24)25)10-14(15)19(29)26-11-3-1-4-12(9-11)31-17-6-2-5-16-18(17)28-20(30)27-16/h1-10H,(H,26,29)(H2,27,28,30). The summed E-state index contributed by atoms with van der Waals surface area (Å²) in [6.07, 6.45) is -4.98. The third-order valence-electron chi connectivity index (χ3n) is 4.25. The molecule has 4 aromatic rings. The molecule has 164 valence electrons. The van der Waals surface area contributed by atoms with Crippen LogP contribution in [-0.4, -0.2) is 22.2 Å². The number of carbonyl (C=O) groups excluding carboxylic acids is 1. The molecule has 0 bridgehead atoms. The SMILES string of the molecule is O=C(Nc1cccc(Oc2cccc3[nH]c(=O)[nH]c23)c1)c1cc(OC(F)(F)F)ccc1F. The summed E-state index contributed by atoms with van der Waals surface area (Å²) in [6, 6.07) is 13.1. The lowest BCUT2D eigenvalue weighted by atomic mass is 10.1. The number of amides is 1. The second-order valence-electron chi connectivity index (χ2n) is 6.53. The summed E-state index contributed by atoms with van der Waals surface area (Å²) in [5, 5.41) is 2.40. The van der Waals surface area contributed by atoms with E-state index >= 15 is 0 Å². The quantitative estimate of drug-likeness (QED) is 0.378. The van der Waals surface area contributed by atoms with Crippen LogP contribution in [0.1, 0.15) is 10.4 Å². The van der Waals surface area contributed by atoms with Gasteiger partial charge in [-0.25, -0.2) is 9.18 Å². The second-order valence-corrected chi connectivity index (χ2v) is 6.53. The van der Waals surface area contributed by atoms with Gasteiger partial charge in [-0.05, 0) is 42.5 Å². The molecule has 4 rings (SSSR count). The number of nitrogens with one attached hydrogen (secondary N) is 3. The van der Waals surface area contributed by atoms with Crippen molar-refractivity contribution in [1.82, 2.24) is 9.97 Å². The van der Waals surface area contributed by atoms with Crippen molar-refractivity contribution in [2.24, 2.45) is 0 Å². The smallest absolute Gasteiger partial charge is 0.455 e. The number of carbonyl (C=O) groups is 1. The summed E-state index contributed by atoms with van der Waals surface area (Å²) in [4.78, 5) is 29.1. The molecule has 3 aromatic carbocycles. The predicted octanol–water partition coefficient (Wildman–Crippen LogP) is 4.94. The number of imidazole rings is 1. The maximum Gasteiger partial charge on any atom is 0.573 e. The molecule has 0 atom stereocenters. The van der Waals surface area contributed by atoms with Crippen molar-refractivity contribution in [2.75, 3.05) is 5.32 Å². The van der Waals surface area contributed by atoms with E-state index < -0.39 is 35.1 Å². The Morgan fingerprint density at radius 1 is 0.938 bits per heavy atom. The van der Waals surface area contributed by atoms with Gasteiger partial charge in [-0.15, -0.1) is 13.2 Å². The minimum Gasteiger partial charge on any atom is -0.455 e. The van der Waals surface area contributed by atoms with Gasteiger partial charge in [-0.3, -0.25) is 4.79 Å². The highest BCUT2D eigenvalue weighted by atomic mass is 19.4. The van der Waals surface area contributed by atoms with Crippen LogP contribution in [0.4, 0.5) is 23.2 Å². The second kappa shape index (κ2) is 8.10. The van der Waals surface area contributed by atoms with Gasteiger partial charge in [0.25, 0.3) is 5.91 Å². The Kier molecular flexibility index (Phi) is 5.31. The summed E-state index contributed by atoms with van der Waals surface area (Å²) in [6.45, 7) is 0. The molecule has 1 heterocycles. The fourth-order valence-corrected chi connectivity index (χ4v) is 2.95. The van der Waals surface area contributed by atoms with E-state index in [4.69, 9.17) is 4.74 Å². The highest BCUT2D eigenvalue weighted by molar-refractivity contribution is 6.04. The fraction of sp³-hybridized carbons (Fsp3) is 0.0476. The Labute approximate surface area is 176 Å². The number of hydrogen-bond acceptors (Lipinski definition) is 4. The van der Waals surface area contributed by atoms with E-state index in [1.54, 1.807) is 30.3 Å². The highest BCUT2D eigenvalue weighted by Gasteiger charge is 2.31. The summed E-state index contributed by atoms with van der Waals surface area (Å²) >= 11 is 0. The van der Waals surface area contributed by atoms with Crippen molar-refractivity contribution in [3.05, 3.63) is 82.5 Å². The molecule has 0 aliphatic heterocycles. The van der Waals surface area contributed by atoms with Gasteiger partial charge in [0.15, 0.2) is 5.75 Å². The van der Waals surface area contributed by atoms with Crippen molar-refractivity contribution < 1.29 is 31.8 Å². The summed E-state index contributed by atoms with van der Waals surface area (Å²) in [7, 11) is 0. The zero-order valence-electron chi connectivity index (χ0n) is 15.9. The number of halogens is 4. The van der Waals surface area contributed by atoms with E-state index in [1.807, 2.05) is 0 Å². The fourth-order valence-electron chi connectivity index (χ4n) is 2.95. The van der Waals surface area contributed by atoms with Gasteiger partial charge in [0.05, 0.1) is 11.1 Å². The largest absolute Gasteiger partial charge is 0.573 e. The number of para-hydroxylation sites is 1. The van der Waals surface area contributed by atoms with Crippen LogP contribution in [0.5, 0.6) is 17.2 Å². The Hall–Kier alpha value is -4.28. The topological polar surface area (TPSA) is 96.2 Å². The van der Waals surface area contributed by atoms with Crippen LogP contribution in [0.25, 0.3) is 11.0 Å². The molecule has 7 nitrogen and oxygen atoms in total. The monoisotopic (exact) mass is 447 g/mol. The van der Waals surface area contributed by atoms with E-state index in [2.05, 4.69) is 20.0 Å². The number of fused-ring (bicyclic) bond motifs is 1. The molecule has 3 N–H and O–H groups in total. The first-order valence-corrected chi connectivity index (χ1v) is 9.03. The van der Waals surface area contributed by atoms with Gasteiger partial charge in [0.1, 0.15) is 22.8 Å². The minimum absolute atomic E-state index is 0.198. The first-order valence-electron chi connectivity index (χ1n) is 9.03. The molecule has 0 fully saturated rings. The van der Waals surface area contributed by atoms with Crippen LogP contribution in [-0.2, 0) is 0 Å². The van der Waals surface area contributed by atoms with E-state index in [0.29, 0.717) is 28.9 Å². The third kappa shape index (κ3) is 4.72. The normalized spacial score (nSPS) is 11.4. The van der Waals surface area contributed by atoms with Crippen molar-refractivity contribution in [2.45, 2.75) is 6.36 Å².